The van der Waals surface area contributed by atoms with Crippen LogP contribution < -0.4 is 4.74 Å². The van der Waals surface area contributed by atoms with Crippen LogP contribution in [0.2, 0.25) is 0 Å². The minimum atomic E-state index is 0.0673. The molecule has 2 heterocycles. The number of carbonyl (C=O) groups excluding carboxylic acids is 1. The van der Waals surface area contributed by atoms with Gasteiger partial charge in [-0.2, -0.15) is 5.10 Å². The number of rotatable bonds is 5. The van der Waals surface area contributed by atoms with Crippen LogP contribution in [0.1, 0.15) is 24.2 Å². The van der Waals surface area contributed by atoms with E-state index in [4.69, 9.17) is 4.74 Å². The lowest BCUT2D eigenvalue weighted by Gasteiger charge is -2.32. The van der Waals surface area contributed by atoms with Gasteiger partial charge in [0, 0.05) is 25.3 Å². The lowest BCUT2D eigenvalue weighted by molar-refractivity contribution is -0.134. The minimum Gasteiger partial charge on any atom is -0.484 e. The Morgan fingerprint density at radius 3 is 2.54 bits per heavy atom. The van der Waals surface area contributed by atoms with Gasteiger partial charge in [-0.3, -0.25) is 9.48 Å². The fourth-order valence-corrected chi connectivity index (χ4v) is 3.96. The van der Waals surface area contributed by atoms with E-state index < -0.39 is 0 Å². The SMILES string of the molecule is Cc1cc(C)n(CC2CCN(C(=O)COc3ccc4ccccc4c3)CC2)n1. The molecule has 0 unspecified atom stereocenters. The summed E-state index contributed by atoms with van der Waals surface area (Å²) >= 11 is 0. The van der Waals surface area contributed by atoms with E-state index in [0.717, 1.165) is 49.3 Å². The monoisotopic (exact) mass is 377 g/mol. The maximum Gasteiger partial charge on any atom is 0.260 e. The molecule has 0 radical (unpaired) electrons. The second-order valence-corrected chi connectivity index (χ2v) is 7.73. The first-order chi connectivity index (χ1) is 13.6. The van der Waals surface area contributed by atoms with Crippen molar-refractivity contribution in [3.05, 3.63) is 59.9 Å². The Bertz CT molecular complexity index is 971. The van der Waals surface area contributed by atoms with Crippen LogP contribution in [0.5, 0.6) is 5.75 Å². The third-order valence-corrected chi connectivity index (χ3v) is 5.58. The molecule has 1 aromatic heterocycles. The number of amides is 1. The van der Waals surface area contributed by atoms with Crippen LogP contribution in [0.3, 0.4) is 0 Å². The zero-order chi connectivity index (χ0) is 19.5. The summed E-state index contributed by atoms with van der Waals surface area (Å²) in [5.74, 6) is 1.38. The van der Waals surface area contributed by atoms with Gasteiger partial charge >= 0.3 is 0 Å². The molecule has 0 aliphatic carbocycles. The van der Waals surface area contributed by atoms with Gasteiger partial charge in [0.15, 0.2) is 6.61 Å². The molecule has 4 rings (SSSR count). The Morgan fingerprint density at radius 1 is 1.07 bits per heavy atom. The second kappa shape index (κ2) is 8.05. The van der Waals surface area contributed by atoms with E-state index in [1.807, 2.05) is 42.2 Å². The van der Waals surface area contributed by atoms with Crippen molar-refractivity contribution in [1.29, 1.82) is 0 Å². The highest BCUT2D eigenvalue weighted by molar-refractivity contribution is 5.84. The predicted octanol–water partition coefficient (Wildman–Crippen LogP) is 3.97. The molecule has 0 N–H and O–H groups in total. The molecule has 5 heteroatoms. The highest BCUT2D eigenvalue weighted by atomic mass is 16.5. The van der Waals surface area contributed by atoms with E-state index in [1.165, 1.54) is 11.1 Å². The topological polar surface area (TPSA) is 47.4 Å². The Hall–Kier alpha value is -2.82. The first kappa shape index (κ1) is 18.5. The number of piperidine rings is 1. The van der Waals surface area contributed by atoms with E-state index in [-0.39, 0.29) is 12.5 Å². The summed E-state index contributed by atoms with van der Waals surface area (Å²) in [6, 6.07) is 16.2. The van der Waals surface area contributed by atoms with Gasteiger partial charge < -0.3 is 9.64 Å². The van der Waals surface area contributed by atoms with Gasteiger partial charge in [-0.15, -0.1) is 0 Å². The smallest absolute Gasteiger partial charge is 0.260 e. The molecule has 0 spiro atoms. The van der Waals surface area contributed by atoms with Gasteiger partial charge in [0.2, 0.25) is 0 Å². The van der Waals surface area contributed by atoms with Crippen LogP contribution in [-0.4, -0.2) is 40.3 Å². The molecular formula is C23H27N3O2. The number of carbonyl (C=O) groups is 1. The van der Waals surface area contributed by atoms with Crippen molar-refractivity contribution in [2.75, 3.05) is 19.7 Å². The number of hydrogen-bond acceptors (Lipinski definition) is 3. The third-order valence-electron chi connectivity index (χ3n) is 5.58. The number of nitrogens with zero attached hydrogens (tertiary/aromatic N) is 3. The molecule has 1 aliphatic heterocycles. The van der Waals surface area contributed by atoms with Crippen molar-refractivity contribution in [3.8, 4) is 5.75 Å². The van der Waals surface area contributed by atoms with Crippen molar-refractivity contribution in [2.24, 2.45) is 5.92 Å². The molecule has 3 aromatic rings. The standard InChI is InChI=1S/C23H27N3O2/c1-17-13-18(2)26(24-17)15-19-9-11-25(12-10-19)23(27)16-28-22-8-7-20-5-3-4-6-21(20)14-22/h3-8,13-14,19H,9-12,15-16H2,1-2H3. The van der Waals surface area contributed by atoms with E-state index in [9.17, 15) is 4.79 Å². The normalized spacial score (nSPS) is 15.1. The van der Waals surface area contributed by atoms with Gasteiger partial charge in [0.05, 0.1) is 5.69 Å². The average molecular weight is 377 g/mol. The lowest BCUT2D eigenvalue weighted by Crippen LogP contribution is -2.41. The lowest BCUT2D eigenvalue weighted by atomic mass is 9.97. The number of hydrogen-bond donors (Lipinski definition) is 0. The summed E-state index contributed by atoms with van der Waals surface area (Å²) in [4.78, 5) is 14.5. The zero-order valence-electron chi connectivity index (χ0n) is 16.6. The van der Waals surface area contributed by atoms with Crippen LogP contribution in [0.4, 0.5) is 0 Å². The maximum atomic E-state index is 12.5. The minimum absolute atomic E-state index is 0.0673. The van der Waals surface area contributed by atoms with Crippen LogP contribution in [-0.2, 0) is 11.3 Å². The van der Waals surface area contributed by atoms with Gasteiger partial charge in [-0.25, -0.2) is 0 Å². The Balaban J connectivity index is 1.27. The first-order valence-electron chi connectivity index (χ1n) is 9.99. The largest absolute Gasteiger partial charge is 0.484 e. The van der Waals surface area contributed by atoms with Gasteiger partial charge in [0.1, 0.15) is 5.75 Å². The fourth-order valence-electron chi connectivity index (χ4n) is 3.96. The molecule has 1 fully saturated rings. The molecule has 28 heavy (non-hydrogen) atoms. The van der Waals surface area contributed by atoms with Crippen molar-refractivity contribution in [3.63, 3.8) is 0 Å². The molecule has 1 saturated heterocycles. The van der Waals surface area contributed by atoms with Crippen LogP contribution >= 0.6 is 0 Å². The van der Waals surface area contributed by atoms with Crippen LogP contribution in [0.25, 0.3) is 10.8 Å². The highest BCUT2D eigenvalue weighted by Crippen LogP contribution is 2.22. The second-order valence-electron chi connectivity index (χ2n) is 7.73. The van der Waals surface area contributed by atoms with E-state index in [0.29, 0.717) is 5.92 Å². The number of aryl methyl sites for hydroxylation is 2. The highest BCUT2D eigenvalue weighted by Gasteiger charge is 2.24. The third kappa shape index (κ3) is 4.19. The average Bonchev–Trinajstić information content (AvgIpc) is 3.03. The van der Waals surface area contributed by atoms with Crippen LogP contribution in [0.15, 0.2) is 48.5 Å². The summed E-state index contributed by atoms with van der Waals surface area (Å²) in [5.41, 5.74) is 2.27. The Morgan fingerprint density at radius 2 is 1.82 bits per heavy atom. The molecule has 0 saturated carbocycles. The molecule has 5 nitrogen and oxygen atoms in total. The predicted molar refractivity (Wildman–Crippen MR) is 110 cm³/mol. The van der Waals surface area contributed by atoms with Crippen molar-refractivity contribution < 1.29 is 9.53 Å². The Kier molecular flexibility index (Phi) is 5.33. The van der Waals surface area contributed by atoms with Gasteiger partial charge in [-0.05, 0) is 61.6 Å². The molecule has 1 amide bonds. The number of fused-ring (bicyclic) bond motifs is 1. The van der Waals surface area contributed by atoms with E-state index in [2.05, 4.69) is 34.9 Å². The fraction of sp³-hybridized carbons (Fsp3) is 0.391. The maximum absolute atomic E-state index is 12.5. The number of aromatic nitrogens is 2. The summed E-state index contributed by atoms with van der Waals surface area (Å²) in [7, 11) is 0. The quantitative estimate of drug-likeness (QED) is 0.676. The molecule has 2 aromatic carbocycles. The molecule has 0 atom stereocenters. The summed E-state index contributed by atoms with van der Waals surface area (Å²) in [5, 5.41) is 6.85. The molecular weight excluding hydrogens is 350 g/mol. The van der Waals surface area contributed by atoms with Crippen molar-refractivity contribution in [2.45, 2.75) is 33.2 Å². The Labute approximate surface area is 165 Å². The van der Waals surface area contributed by atoms with Crippen LogP contribution in [0, 0.1) is 19.8 Å². The van der Waals surface area contributed by atoms with Gasteiger partial charge in [-0.1, -0.05) is 30.3 Å². The number of likely N-dealkylation sites (tertiary alicyclic amines) is 1. The van der Waals surface area contributed by atoms with E-state index >= 15 is 0 Å². The summed E-state index contributed by atoms with van der Waals surface area (Å²) in [6.45, 7) is 6.76. The molecule has 1 aliphatic rings. The van der Waals surface area contributed by atoms with Gasteiger partial charge in [0.25, 0.3) is 5.91 Å². The molecule has 146 valence electrons. The zero-order valence-corrected chi connectivity index (χ0v) is 16.6. The summed E-state index contributed by atoms with van der Waals surface area (Å²) < 4.78 is 7.86. The summed E-state index contributed by atoms with van der Waals surface area (Å²) in [6.07, 6.45) is 2.03. The van der Waals surface area contributed by atoms with E-state index in [1.54, 1.807) is 0 Å². The number of ether oxygens (including phenoxy) is 1. The number of benzene rings is 2. The van der Waals surface area contributed by atoms with Crippen molar-refractivity contribution >= 4 is 16.7 Å². The first-order valence-corrected chi connectivity index (χ1v) is 9.99. The molecule has 0 bridgehead atoms. The van der Waals surface area contributed by atoms with Crippen molar-refractivity contribution in [1.82, 2.24) is 14.7 Å².